The molecule has 0 spiro atoms. The van der Waals surface area contributed by atoms with Gasteiger partial charge in [0.1, 0.15) is 0 Å². The Morgan fingerprint density at radius 1 is 1.00 bits per heavy atom. The topological polar surface area (TPSA) is 40.5 Å². The zero-order valence-corrected chi connectivity index (χ0v) is 11.6. The van der Waals surface area contributed by atoms with E-state index in [4.69, 9.17) is 0 Å². The summed E-state index contributed by atoms with van der Waals surface area (Å²) < 4.78 is 0. The van der Waals surface area contributed by atoms with Crippen LogP contribution in [0.1, 0.15) is 64.7 Å². The van der Waals surface area contributed by atoms with Gasteiger partial charge in [-0.3, -0.25) is 0 Å². The molecule has 4 fully saturated rings. The predicted molar refractivity (Wildman–Crippen MR) is 72.1 cm³/mol. The smallest absolute Gasteiger partial charge is 0.0621 e. The van der Waals surface area contributed by atoms with Crippen LogP contribution < -0.4 is 0 Å². The van der Waals surface area contributed by atoms with Gasteiger partial charge in [-0.05, 0) is 74.5 Å². The van der Waals surface area contributed by atoms with Crippen LogP contribution in [0.4, 0.5) is 0 Å². The number of hydrogen-bond acceptors (Lipinski definition) is 2. The van der Waals surface area contributed by atoms with Gasteiger partial charge in [-0.15, -0.1) is 0 Å². The predicted octanol–water partition coefficient (Wildman–Crippen LogP) is 3.11. The molecule has 18 heavy (non-hydrogen) atoms. The molecular formula is C16H28O2. The lowest BCUT2D eigenvalue weighted by Gasteiger charge is -2.58. The van der Waals surface area contributed by atoms with Gasteiger partial charge < -0.3 is 10.2 Å². The lowest BCUT2D eigenvalue weighted by molar-refractivity contribution is -0.130. The average Bonchev–Trinajstić information content (AvgIpc) is 2.27. The van der Waals surface area contributed by atoms with Crippen molar-refractivity contribution in [2.24, 2.45) is 23.2 Å². The van der Waals surface area contributed by atoms with E-state index in [-0.39, 0.29) is 17.6 Å². The molecule has 4 bridgehead atoms. The van der Waals surface area contributed by atoms with E-state index in [9.17, 15) is 10.2 Å². The Hall–Kier alpha value is -0.0800. The van der Waals surface area contributed by atoms with Crippen molar-refractivity contribution < 1.29 is 10.2 Å². The third-order valence-corrected chi connectivity index (χ3v) is 5.91. The monoisotopic (exact) mass is 252 g/mol. The van der Waals surface area contributed by atoms with Gasteiger partial charge in [-0.1, -0.05) is 13.3 Å². The summed E-state index contributed by atoms with van der Waals surface area (Å²) in [4.78, 5) is 0. The molecule has 2 atom stereocenters. The minimum Gasteiger partial charge on any atom is -0.393 e. The van der Waals surface area contributed by atoms with E-state index in [1.807, 2.05) is 0 Å². The molecule has 2 N–H and O–H groups in total. The van der Waals surface area contributed by atoms with Crippen LogP contribution in [0.15, 0.2) is 0 Å². The molecule has 0 aromatic heterocycles. The Balaban J connectivity index is 1.67. The zero-order valence-electron chi connectivity index (χ0n) is 11.6. The normalized spacial score (nSPS) is 45.2. The van der Waals surface area contributed by atoms with Crippen LogP contribution in [0.2, 0.25) is 0 Å². The third-order valence-electron chi connectivity index (χ3n) is 5.91. The molecule has 0 aromatic carbocycles. The van der Waals surface area contributed by atoms with E-state index in [1.165, 1.54) is 38.5 Å². The van der Waals surface area contributed by atoms with Crippen molar-refractivity contribution >= 4 is 0 Å². The molecule has 4 aliphatic carbocycles. The molecule has 0 amide bonds. The fourth-order valence-electron chi connectivity index (χ4n) is 5.54. The molecule has 0 aromatic rings. The van der Waals surface area contributed by atoms with Gasteiger partial charge in [0, 0.05) is 0 Å². The van der Waals surface area contributed by atoms with Gasteiger partial charge in [0.2, 0.25) is 0 Å². The summed E-state index contributed by atoms with van der Waals surface area (Å²) in [6.07, 6.45) is 9.87. The van der Waals surface area contributed by atoms with Gasteiger partial charge in [0.05, 0.1) is 12.2 Å². The third kappa shape index (κ3) is 2.22. The Kier molecular flexibility index (Phi) is 3.44. The first-order valence-electron chi connectivity index (χ1n) is 7.97. The van der Waals surface area contributed by atoms with Crippen molar-refractivity contribution in [3.8, 4) is 0 Å². The second-order valence-electron chi connectivity index (χ2n) is 7.47. The molecule has 4 aliphatic rings. The van der Waals surface area contributed by atoms with Crippen molar-refractivity contribution in [1.82, 2.24) is 0 Å². The highest BCUT2D eigenvalue weighted by molar-refractivity contribution is 5.04. The summed E-state index contributed by atoms with van der Waals surface area (Å²) in [5.74, 6) is 2.65. The average molecular weight is 252 g/mol. The van der Waals surface area contributed by atoms with Crippen LogP contribution in [0.3, 0.4) is 0 Å². The van der Waals surface area contributed by atoms with Crippen molar-refractivity contribution in [2.45, 2.75) is 76.9 Å². The van der Waals surface area contributed by atoms with Gasteiger partial charge >= 0.3 is 0 Å². The van der Waals surface area contributed by atoms with Crippen LogP contribution in [0, 0.1) is 23.2 Å². The number of aliphatic hydroxyl groups excluding tert-OH is 2. The van der Waals surface area contributed by atoms with Crippen molar-refractivity contribution in [2.75, 3.05) is 0 Å². The molecule has 104 valence electrons. The van der Waals surface area contributed by atoms with Gasteiger partial charge in [-0.25, -0.2) is 0 Å². The van der Waals surface area contributed by atoms with Gasteiger partial charge in [0.15, 0.2) is 0 Å². The highest BCUT2D eigenvalue weighted by Crippen LogP contribution is 2.61. The molecule has 0 heterocycles. The maximum Gasteiger partial charge on any atom is 0.0621 e. The maximum absolute atomic E-state index is 10.7. The minimum absolute atomic E-state index is 0.184. The molecule has 0 aliphatic heterocycles. The van der Waals surface area contributed by atoms with Gasteiger partial charge in [-0.2, -0.15) is 0 Å². The van der Waals surface area contributed by atoms with E-state index in [0.29, 0.717) is 6.42 Å². The first-order valence-corrected chi connectivity index (χ1v) is 7.97. The summed E-state index contributed by atoms with van der Waals surface area (Å²) in [6.45, 7) is 2.10. The molecule has 2 nitrogen and oxygen atoms in total. The van der Waals surface area contributed by atoms with Crippen molar-refractivity contribution in [3.63, 3.8) is 0 Å². The largest absolute Gasteiger partial charge is 0.393 e. The molecule has 2 heteroatoms. The highest BCUT2D eigenvalue weighted by Gasteiger charge is 2.53. The fraction of sp³-hybridized carbons (Fsp3) is 1.00. The second kappa shape index (κ2) is 4.79. The number of hydrogen-bond donors (Lipinski definition) is 2. The van der Waals surface area contributed by atoms with Crippen molar-refractivity contribution in [1.29, 1.82) is 0 Å². The summed E-state index contributed by atoms with van der Waals surface area (Å²) >= 11 is 0. The van der Waals surface area contributed by atoms with Crippen molar-refractivity contribution in [3.05, 3.63) is 0 Å². The van der Waals surface area contributed by atoms with Crippen LogP contribution in [-0.2, 0) is 0 Å². The molecule has 4 rings (SSSR count). The fourth-order valence-corrected chi connectivity index (χ4v) is 5.54. The lowest BCUT2D eigenvalue weighted by atomic mass is 9.48. The molecular weight excluding hydrogens is 224 g/mol. The van der Waals surface area contributed by atoms with E-state index in [0.717, 1.165) is 30.6 Å². The molecule has 0 radical (unpaired) electrons. The van der Waals surface area contributed by atoms with Crippen LogP contribution >= 0.6 is 0 Å². The van der Waals surface area contributed by atoms with E-state index >= 15 is 0 Å². The van der Waals surface area contributed by atoms with E-state index < -0.39 is 0 Å². The van der Waals surface area contributed by atoms with E-state index in [2.05, 4.69) is 6.92 Å². The Labute approximate surface area is 111 Å². The molecule has 2 unspecified atom stereocenters. The first-order chi connectivity index (χ1) is 8.61. The second-order valence-corrected chi connectivity index (χ2v) is 7.47. The lowest BCUT2D eigenvalue weighted by Crippen LogP contribution is -2.52. The quantitative estimate of drug-likeness (QED) is 0.789. The summed E-state index contributed by atoms with van der Waals surface area (Å²) in [5.41, 5.74) is 0.184. The Morgan fingerprint density at radius 3 is 1.94 bits per heavy atom. The number of aliphatic hydroxyl groups is 2. The highest BCUT2D eigenvalue weighted by atomic mass is 16.3. The molecule has 0 saturated heterocycles. The van der Waals surface area contributed by atoms with E-state index in [1.54, 1.807) is 0 Å². The number of rotatable bonds is 5. The van der Waals surface area contributed by atoms with Crippen LogP contribution in [0.25, 0.3) is 0 Å². The Morgan fingerprint density at radius 2 is 1.50 bits per heavy atom. The van der Waals surface area contributed by atoms with Crippen LogP contribution in [-0.4, -0.2) is 22.4 Å². The first kappa shape index (κ1) is 12.9. The summed E-state index contributed by atoms with van der Waals surface area (Å²) in [6, 6.07) is 0. The Bertz CT molecular complexity index is 264. The zero-order chi connectivity index (χ0) is 12.8. The SMILES string of the molecule is CCCC(O)CC(O)C12CC3CC(CC(C3)C1)C2. The summed E-state index contributed by atoms with van der Waals surface area (Å²) in [7, 11) is 0. The standard InChI is InChI=1S/C16H28O2/c1-2-3-14(17)7-15(18)16-8-11-4-12(9-16)6-13(5-11)10-16/h11-15,17-18H,2-10H2,1H3. The maximum atomic E-state index is 10.7. The minimum atomic E-state index is -0.294. The van der Waals surface area contributed by atoms with Gasteiger partial charge in [0.25, 0.3) is 0 Å². The molecule has 4 saturated carbocycles. The van der Waals surface area contributed by atoms with Crippen LogP contribution in [0.5, 0.6) is 0 Å². The summed E-state index contributed by atoms with van der Waals surface area (Å²) in [5, 5.41) is 20.6.